The van der Waals surface area contributed by atoms with Gasteiger partial charge in [-0.3, -0.25) is 9.69 Å². The van der Waals surface area contributed by atoms with E-state index in [-0.39, 0.29) is 11.9 Å². The smallest absolute Gasteiger partial charge is 0.414 e. The van der Waals surface area contributed by atoms with Crippen molar-refractivity contribution in [3.63, 3.8) is 0 Å². The summed E-state index contributed by atoms with van der Waals surface area (Å²) in [6.45, 7) is 12.6. The fourth-order valence-corrected chi connectivity index (χ4v) is 4.18. The predicted octanol–water partition coefficient (Wildman–Crippen LogP) is 2.30. The summed E-state index contributed by atoms with van der Waals surface area (Å²) in [6, 6.07) is 19.2. The molecule has 1 unspecified atom stereocenters. The van der Waals surface area contributed by atoms with Crippen LogP contribution in [0.4, 0.5) is 5.69 Å². The molecule has 1 heterocycles. The Labute approximate surface area is 239 Å². The molecule has 1 amide bonds. The molecule has 41 heavy (non-hydrogen) atoms. The Morgan fingerprint density at radius 3 is 1.76 bits per heavy atom. The Morgan fingerprint density at radius 1 is 0.780 bits per heavy atom. The Kier molecular flexibility index (Phi) is 15.4. The SMILES string of the molecule is CCC(=O)N(c1cccc(C)c1)C(C)CN1CCN(CCc2ccccc2)CC1.O=C(O)C(=O)O.O=C(O)C(=O)O. The van der Waals surface area contributed by atoms with Gasteiger partial charge in [-0.15, -0.1) is 0 Å². The van der Waals surface area contributed by atoms with E-state index >= 15 is 0 Å². The fraction of sp³-hybridized carbons (Fsp3) is 0.414. The zero-order valence-corrected chi connectivity index (χ0v) is 23.6. The van der Waals surface area contributed by atoms with E-state index in [0.717, 1.165) is 51.4 Å². The third-order valence-electron chi connectivity index (χ3n) is 6.20. The molecular formula is C29H39N3O9. The van der Waals surface area contributed by atoms with E-state index in [1.807, 2.05) is 17.9 Å². The monoisotopic (exact) mass is 573 g/mol. The number of hydrogen-bond donors (Lipinski definition) is 4. The number of aryl methyl sites for hydroxylation is 1. The minimum Gasteiger partial charge on any atom is -0.473 e. The first kappa shape index (κ1) is 34.7. The second-order valence-corrected chi connectivity index (χ2v) is 9.40. The first-order valence-corrected chi connectivity index (χ1v) is 13.1. The van der Waals surface area contributed by atoms with Gasteiger partial charge in [0, 0.05) is 57.4 Å². The van der Waals surface area contributed by atoms with Crippen molar-refractivity contribution in [3.8, 4) is 0 Å². The average molecular weight is 574 g/mol. The number of rotatable bonds is 8. The average Bonchev–Trinajstić information content (AvgIpc) is 2.94. The van der Waals surface area contributed by atoms with Gasteiger partial charge in [-0.05, 0) is 43.5 Å². The van der Waals surface area contributed by atoms with Crippen LogP contribution in [0.25, 0.3) is 0 Å². The molecule has 2 aromatic carbocycles. The maximum Gasteiger partial charge on any atom is 0.414 e. The first-order valence-electron chi connectivity index (χ1n) is 13.1. The van der Waals surface area contributed by atoms with E-state index in [1.165, 1.54) is 11.1 Å². The zero-order chi connectivity index (χ0) is 30.9. The van der Waals surface area contributed by atoms with E-state index in [1.54, 1.807) is 0 Å². The van der Waals surface area contributed by atoms with Crippen molar-refractivity contribution >= 4 is 35.5 Å². The molecule has 12 heteroatoms. The Balaban J connectivity index is 0.000000588. The van der Waals surface area contributed by atoms with Crippen molar-refractivity contribution in [2.45, 2.75) is 39.7 Å². The molecule has 1 atom stereocenters. The summed E-state index contributed by atoms with van der Waals surface area (Å²) in [5.74, 6) is -7.10. The van der Waals surface area contributed by atoms with Gasteiger partial charge in [0.15, 0.2) is 0 Å². The van der Waals surface area contributed by atoms with Crippen molar-refractivity contribution in [1.29, 1.82) is 0 Å². The molecule has 3 rings (SSSR count). The maximum atomic E-state index is 12.7. The van der Waals surface area contributed by atoms with Gasteiger partial charge >= 0.3 is 23.9 Å². The van der Waals surface area contributed by atoms with Crippen LogP contribution in [0.15, 0.2) is 54.6 Å². The van der Waals surface area contributed by atoms with Crippen LogP contribution in [0, 0.1) is 6.92 Å². The van der Waals surface area contributed by atoms with Crippen LogP contribution < -0.4 is 4.90 Å². The number of piperazine rings is 1. The largest absolute Gasteiger partial charge is 0.473 e. The Morgan fingerprint density at radius 2 is 1.29 bits per heavy atom. The van der Waals surface area contributed by atoms with Gasteiger partial charge in [0.1, 0.15) is 0 Å². The molecule has 0 aromatic heterocycles. The molecule has 0 spiro atoms. The van der Waals surface area contributed by atoms with Gasteiger partial charge in [-0.25, -0.2) is 19.2 Å². The maximum absolute atomic E-state index is 12.7. The highest BCUT2D eigenvalue weighted by Gasteiger charge is 2.25. The second kappa shape index (κ2) is 18.1. The number of carboxylic acid groups (broad SMARTS) is 4. The number of hydrogen-bond acceptors (Lipinski definition) is 7. The molecule has 1 saturated heterocycles. The molecule has 1 aliphatic heterocycles. The lowest BCUT2D eigenvalue weighted by Gasteiger charge is -2.38. The normalized spacial score (nSPS) is 13.8. The van der Waals surface area contributed by atoms with Crippen molar-refractivity contribution in [2.75, 3.05) is 44.2 Å². The van der Waals surface area contributed by atoms with Crippen molar-refractivity contribution in [3.05, 3.63) is 65.7 Å². The molecule has 2 aromatic rings. The number of benzene rings is 2. The summed E-state index contributed by atoms with van der Waals surface area (Å²) in [6.07, 6.45) is 1.65. The van der Waals surface area contributed by atoms with Crippen molar-refractivity contribution < 1.29 is 44.4 Å². The van der Waals surface area contributed by atoms with Gasteiger partial charge < -0.3 is 30.2 Å². The number of nitrogens with zero attached hydrogens (tertiary/aromatic N) is 3. The van der Waals surface area contributed by atoms with Crippen molar-refractivity contribution in [1.82, 2.24) is 9.80 Å². The van der Waals surface area contributed by atoms with Crippen LogP contribution >= 0.6 is 0 Å². The number of carbonyl (C=O) groups is 5. The summed E-state index contributed by atoms with van der Waals surface area (Å²) >= 11 is 0. The van der Waals surface area contributed by atoms with E-state index < -0.39 is 23.9 Å². The highest BCUT2D eigenvalue weighted by Crippen LogP contribution is 2.21. The predicted molar refractivity (Wildman–Crippen MR) is 152 cm³/mol. The molecule has 1 fully saturated rings. The fourth-order valence-electron chi connectivity index (χ4n) is 4.18. The third kappa shape index (κ3) is 13.6. The van der Waals surface area contributed by atoms with E-state index in [2.05, 4.69) is 72.2 Å². The van der Waals surface area contributed by atoms with Crippen LogP contribution in [-0.4, -0.2) is 105 Å². The van der Waals surface area contributed by atoms with E-state index in [9.17, 15) is 4.79 Å². The standard InChI is InChI=1S/C25H35N3O.2C2H2O4/c1-4-25(29)28(24-12-8-9-21(2)19-24)22(3)20-27-17-15-26(16-18-27)14-13-23-10-6-5-7-11-23;2*3-1(4)2(5)6/h5-12,19,22H,4,13-18,20H2,1-3H3;2*(H,3,4)(H,5,6). The minimum absolute atomic E-state index is 0.167. The quantitative estimate of drug-likeness (QED) is 0.341. The Hall–Kier alpha value is -4.29. The van der Waals surface area contributed by atoms with Gasteiger partial charge in [0.05, 0.1) is 0 Å². The van der Waals surface area contributed by atoms with Crippen molar-refractivity contribution in [2.24, 2.45) is 0 Å². The van der Waals surface area contributed by atoms with Crippen LogP contribution in [0.5, 0.6) is 0 Å². The molecule has 224 valence electrons. The summed E-state index contributed by atoms with van der Waals surface area (Å²) in [5, 5.41) is 29.6. The lowest BCUT2D eigenvalue weighted by atomic mass is 10.1. The molecule has 12 nitrogen and oxygen atoms in total. The highest BCUT2D eigenvalue weighted by atomic mass is 16.4. The summed E-state index contributed by atoms with van der Waals surface area (Å²) < 4.78 is 0. The Bertz CT molecular complexity index is 1100. The van der Waals surface area contributed by atoms with Crippen LogP contribution in [0.2, 0.25) is 0 Å². The number of aliphatic carboxylic acids is 4. The number of carboxylic acids is 4. The minimum atomic E-state index is -1.82. The number of anilines is 1. The molecule has 0 bridgehead atoms. The molecule has 0 radical (unpaired) electrons. The second-order valence-electron chi connectivity index (χ2n) is 9.40. The highest BCUT2D eigenvalue weighted by molar-refractivity contribution is 6.27. The first-order chi connectivity index (χ1) is 19.3. The van der Waals surface area contributed by atoms with Gasteiger partial charge in [0.2, 0.25) is 5.91 Å². The van der Waals surface area contributed by atoms with Gasteiger partial charge in [-0.1, -0.05) is 49.4 Å². The lowest BCUT2D eigenvalue weighted by molar-refractivity contribution is -0.159. The van der Waals surface area contributed by atoms with E-state index in [0.29, 0.717) is 6.42 Å². The third-order valence-corrected chi connectivity index (χ3v) is 6.20. The van der Waals surface area contributed by atoms with Crippen LogP contribution in [0.3, 0.4) is 0 Å². The van der Waals surface area contributed by atoms with Crippen LogP contribution in [-0.2, 0) is 30.4 Å². The molecule has 0 saturated carbocycles. The van der Waals surface area contributed by atoms with Gasteiger partial charge in [0.25, 0.3) is 0 Å². The lowest BCUT2D eigenvalue weighted by Crippen LogP contribution is -2.52. The molecule has 4 N–H and O–H groups in total. The summed E-state index contributed by atoms with van der Waals surface area (Å²) in [5.41, 5.74) is 3.62. The summed E-state index contributed by atoms with van der Waals surface area (Å²) in [7, 11) is 0. The number of carbonyl (C=O) groups excluding carboxylic acids is 1. The van der Waals surface area contributed by atoms with Gasteiger partial charge in [-0.2, -0.15) is 0 Å². The topological polar surface area (TPSA) is 176 Å². The number of amides is 1. The zero-order valence-electron chi connectivity index (χ0n) is 23.6. The molecule has 1 aliphatic rings. The van der Waals surface area contributed by atoms with E-state index in [4.69, 9.17) is 39.6 Å². The summed E-state index contributed by atoms with van der Waals surface area (Å²) in [4.78, 5) is 56.1. The van der Waals surface area contributed by atoms with Crippen LogP contribution in [0.1, 0.15) is 31.4 Å². The molecular weight excluding hydrogens is 534 g/mol. The molecule has 0 aliphatic carbocycles.